The molecular formula is C80H137NO8P+. The molecule has 10 heteroatoms. The first-order valence-electron chi connectivity index (χ1n) is 36.6. The molecule has 1 N–H and O–H groups in total. The monoisotopic (exact) mass is 1270 g/mol. The summed E-state index contributed by atoms with van der Waals surface area (Å²) in [6.07, 6.45) is 102. The van der Waals surface area contributed by atoms with Gasteiger partial charge in [0.25, 0.3) is 0 Å². The number of phosphoric acid groups is 1. The van der Waals surface area contributed by atoms with Crippen molar-refractivity contribution in [2.24, 2.45) is 0 Å². The van der Waals surface area contributed by atoms with Crippen molar-refractivity contribution in [3.63, 3.8) is 0 Å². The van der Waals surface area contributed by atoms with Crippen LogP contribution in [-0.2, 0) is 32.7 Å². The highest BCUT2D eigenvalue weighted by atomic mass is 31.2. The van der Waals surface area contributed by atoms with Gasteiger partial charge >= 0.3 is 19.8 Å². The summed E-state index contributed by atoms with van der Waals surface area (Å²) in [5.74, 6) is -0.803. The Labute approximate surface area is 554 Å². The van der Waals surface area contributed by atoms with Crippen LogP contribution in [0.1, 0.15) is 296 Å². The summed E-state index contributed by atoms with van der Waals surface area (Å²) in [6.45, 7) is 4.32. The summed E-state index contributed by atoms with van der Waals surface area (Å²) in [4.78, 5) is 35.9. The smallest absolute Gasteiger partial charge is 0.462 e. The van der Waals surface area contributed by atoms with E-state index in [0.29, 0.717) is 17.4 Å². The van der Waals surface area contributed by atoms with Gasteiger partial charge in [0.05, 0.1) is 27.7 Å². The van der Waals surface area contributed by atoms with Gasteiger partial charge in [-0.15, -0.1) is 0 Å². The number of hydrogen-bond donors (Lipinski definition) is 1. The van der Waals surface area contributed by atoms with Crippen molar-refractivity contribution in [3.8, 4) is 0 Å². The number of unbranched alkanes of at least 4 members (excludes halogenated alkanes) is 28. The molecule has 0 fully saturated rings. The number of carbonyl (C=O) groups is 2. The van der Waals surface area contributed by atoms with E-state index in [0.717, 1.165) is 116 Å². The normalized spacial score (nSPS) is 14.0. The van der Waals surface area contributed by atoms with Crippen LogP contribution in [0.3, 0.4) is 0 Å². The van der Waals surface area contributed by atoms with Gasteiger partial charge < -0.3 is 18.9 Å². The SMILES string of the molecule is CC/C=C\C/C=C\C/C=C\C/C=C\C/C=C\C/C=C\C/C=C\C/C=C\C/C=C\C/C=C\CCCCCCCCCCCCC(=O)OC(COC(=O)CCCCCCCCCCCCCCC/C=C\C/C=C\CCCCCCC)COP(=O)(O)OCC[N+](C)(C)C. The van der Waals surface area contributed by atoms with Crippen LogP contribution in [0, 0.1) is 0 Å². The first kappa shape index (κ1) is 85.9. The maximum absolute atomic E-state index is 12.9. The van der Waals surface area contributed by atoms with E-state index in [1.807, 2.05) is 21.1 Å². The second kappa shape index (κ2) is 69.2. The van der Waals surface area contributed by atoms with Gasteiger partial charge in [-0.1, -0.05) is 307 Å². The second-order valence-electron chi connectivity index (χ2n) is 25.2. The quantitative estimate of drug-likeness (QED) is 0.0211. The van der Waals surface area contributed by atoms with Gasteiger partial charge in [0.2, 0.25) is 0 Å². The molecule has 0 spiro atoms. The van der Waals surface area contributed by atoms with Crippen molar-refractivity contribution < 1.29 is 42.1 Å². The zero-order valence-corrected chi connectivity index (χ0v) is 59.5. The van der Waals surface area contributed by atoms with Crippen molar-refractivity contribution in [3.05, 3.63) is 146 Å². The predicted molar refractivity (Wildman–Crippen MR) is 390 cm³/mol. The molecule has 2 atom stereocenters. The third-order valence-electron chi connectivity index (χ3n) is 15.4. The third kappa shape index (κ3) is 72.9. The molecular weight excluding hydrogens is 1130 g/mol. The van der Waals surface area contributed by atoms with Gasteiger partial charge in [-0.3, -0.25) is 18.6 Å². The van der Waals surface area contributed by atoms with E-state index in [9.17, 15) is 19.0 Å². The summed E-state index contributed by atoms with van der Waals surface area (Å²) >= 11 is 0. The Morgan fingerprint density at radius 2 is 0.633 bits per heavy atom. The summed E-state index contributed by atoms with van der Waals surface area (Å²) in [5.41, 5.74) is 0. The lowest BCUT2D eigenvalue weighted by atomic mass is 10.0. The highest BCUT2D eigenvalue weighted by Crippen LogP contribution is 2.43. The number of nitrogens with zero attached hydrogens (tertiary/aromatic N) is 1. The molecule has 514 valence electrons. The number of esters is 2. The van der Waals surface area contributed by atoms with E-state index >= 15 is 0 Å². The van der Waals surface area contributed by atoms with Gasteiger partial charge in [-0.2, -0.15) is 0 Å². The third-order valence-corrected chi connectivity index (χ3v) is 16.3. The molecule has 2 unspecified atom stereocenters. The van der Waals surface area contributed by atoms with E-state index < -0.39 is 26.5 Å². The van der Waals surface area contributed by atoms with Crippen LogP contribution < -0.4 is 0 Å². The maximum atomic E-state index is 12.9. The molecule has 9 nitrogen and oxygen atoms in total. The van der Waals surface area contributed by atoms with Crippen molar-refractivity contribution in [1.29, 1.82) is 0 Å². The Morgan fingerprint density at radius 1 is 0.356 bits per heavy atom. The lowest BCUT2D eigenvalue weighted by molar-refractivity contribution is -0.870. The minimum atomic E-state index is -4.40. The predicted octanol–water partition coefficient (Wildman–Crippen LogP) is 24.2. The minimum Gasteiger partial charge on any atom is -0.462 e. The number of hydrogen-bond acceptors (Lipinski definition) is 7. The number of rotatable bonds is 66. The first-order valence-corrected chi connectivity index (χ1v) is 38.1. The number of phosphoric ester groups is 1. The van der Waals surface area contributed by atoms with Gasteiger partial charge in [0.1, 0.15) is 19.8 Å². The summed E-state index contributed by atoms with van der Waals surface area (Å²) in [6, 6.07) is 0. The van der Waals surface area contributed by atoms with E-state index in [1.165, 1.54) is 148 Å². The largest absolute Gasteiger partial charge is 0.472 e. The van der Waals surface area contributed by atoms with Gasteiger partial charge in [-0.25, -0.2) is 4.57 Å². The number of carbonyl (C=O) groups excluding carboxylic acids is 2. The molecule has 0 amide bonds. The van der Waals surface area contributed by atoms with E-state index in [1.54, 1.807) is 0 Å². The Morgan fingerprint density at radius 3 is 0.944 bits per heavy atom. The summed E-state index contributed by atoms with van der Waals surface area (Å²) in [7, 11) is 1.46. The number of ether oxygens (including phenoxy) is 2. The second-order valence-corrected chi connectivity index (χ2v) is 26.7. The molecule has 0 rings (SSSR count). The summed E-state index contributed by atoms with van der Waals surface area (Å²) < 4.78 is 34.7. The van der Waals surface area contributed by atoms with Crippen molar-refractivity contribution >= 4 is 19.8 Å². The number of likely N-dealkylation sites (N-methyl/N-ethyl adjacent to an activating group) is 1. The van der Waals surface area contributed by atoms with E-state index in [4.69, 9.17) is 18.5 Å². The average molecular weight is 1270 g/mol. The molecule has 0 aromatic rings. The maximum Gasteiger partial charge on any atom is 0.472 e. The van der Waals surface area contributed by atoms with E-state index in [-0.39, 0.29) is 32.0 Å². The average Bonchev–Trinajstić information content (AvgIpc) is 3.62. The van der Waals surface area contributed by atoms with Crippen molar-refractivity contribution in [2.75, 3.05) is 47.5 Å². The Bertz CT molecular complexity index is 2030. The Hall–Kier alpha value is -4.11. The highest BCUT2D eigenvalue weighted by molar-refractivity contribution is 7.47. The van der Waals surface area contributed by atoms with Gasteiger partial charge in [0.15, 0.2) is 6.10 Å². The van der Waals surface area contributed by atoms with Crippen LogP contribution in [-0.4, -0.2) is 74.9 Å². The molecule has 0 saturated carbocycles. The molecule has 0 saturated heterocycles. The highest BCUT2D eigenvalue weighted by Gasteiger charge is 2.27. The van der Waals surface area contributed by atoms with Crippen molar-refractivity contribution in [1.82, 2.24) is 0 Å². The van der Waals surface area contributed by atoms with E-state index in [2.05, 4.69) is 160 Å². The Kier molecular flexibility index (Phi) is 66.1. The zero-order valence-electron chi connectivity index (χ0n) is 58.6. The van der Waals surface area contributed by atoms with Crippen molar-refractivity contribution in [2.45, 2.75) is 302 Å². The van der Waals surface area contributed by atoms with Gasteiger partial charge in [-0.05, 0) is 122 Å². The molecule has 0 aliphatic rings. The molecule has 0 heterocycles. The Balaban J connectivity index is 4.08. The molecule has 0 aliphatic heterocycles. The van der Waals surface area contributed by atoms with Crippen LogP contribution in [0.4, 0.5) is 0 Å². The lowest BCUT2D eigenvalue weighted by Crippen LogP contribution is -2.37. The molecule has 0 aliphatic carbocycles. The lowest BCUT2D eigenvalue weighted by Gasteiger charge is -2.24. The van der Waals surface area contributed by atoms with Crippen LogP contribution in [0.25, 0.3) is 0 Å². The van der Waals surface area contributed by atoms with Gasteiger partial charge in [0, 0.05) is 12.8 Å². The fraction of sp³-hybridized carbons (Fsp3) is 0.675. The topological polar surface area (TPSA) is 108 Å². The van der Waals surface area contributed by atoms with Crippen LogP contribution in [0.5, 0.6) is 0 Å². The standard InChI is InChI=1S/C80H136NO8P/c1-6-8-10-12-14-16-18-20-22-24-26-28-30-32-33-34-35-36-37-38-39-40-41-42-43-44-45-46-47-49-51-53-55-57-59-61-63-65-67-69-71-73-80(83)89-78(77-88-90(84,85)87-75-74-81(3,4)5)76-86-79(82)72-70-68-66-64-62-60-58-56-54-52-50-48-31-29-27-25-23-21-19-17-15-13-11-9-7-2/h8,10,14,16,19-22,25-28,32-33,35-36,38-39,41-42,44-45,47,49,78H,6-7,9,11-13,15,17-18,23-24,29-31,34,37,40,43,46,48,50-77H2,1-5H3/p+1/b10-8-,16-14-,21-19-,22-20-,27-25-,28-26-,33-32-,36-35-,39-38-,42-41-,45-44-,49-47-. The molecule has 90 heavy (non-hydrogen) atoms. The summed E-state index contributed by atoms with van der Waals surface area (Å²) in [5, 5.41) is 0. The minimum absolute atomic E-state index is 0.0251. The van der Waals surface area contributed by atoms with Crippen LogP contribution >= 0.6 is 7.82 Å². The fourth-order valence-corrected chi connectivity index (χ4v) is 10.5. The number of allylic oxidation sites excluding steroid dienone is 24. The molecule has 0 aromatic heterocycles. The van der Waals surface area contributed by atoms with Crippen LogP contribution in [0.2, 0.25) is 0 Å². The molecule has 0 aromatic carbocycles. The van der Waals surface area contributed by atoms with Crippen LogP contribution in [0.15, 0.2) is 146 Å². The zero-order chi connectivity index (χ0) is 65.5. The first-order chi connectivity index (χ1) is 44.0. The fourth-order valence-electron chi connectivity index (χ4n) is 9.78. The molecule has 0 bridgehead atoms. The number of quaternary nitrogens is 1. The molecule has 0 radical (unpaired) electrons.